The molecule has 0 aromatic heterocycles. The maximum absolute atomic E-state index is 14.3. The fourth-order valence-corrected chi connectivity index (χ4v) is 6.56. The van der Waals surface area contributed by atoms with E-state index in [0.717, 1.165) is 12.8 Å². The molecule has 9 nitrogen and oxygen atoms in total. The molecule has 1 saturated heterocycles. The number of nitrogens with two attached hydrogens (primary N) is 1. The summed E-state index contributed by atoms with van der Waals surface area (Å²) < 4.78 is 47.5. The minimum atomic E-state index is -2.74. The van der Waals surface area contributed by atoms with Crippen LogP contribution in [0.25, 0.3) is 0 Å². The van der Waals surface area contributed by atoms with Crippen molar-refractivity contribution in [2.75, 3.05) is 6.54 Å². The van der Waals surface area contributed by atoms with Crippen LogP contribution in [0.4, 0.5) is 4.79 Å². The fourth-order valence-electron chi connectivity index (χ4n) is 6.56. The Morgan fingerprint density at radius 2 is 1.74 bits per heavy atom. The molecule has 3 rings (SSSR count). The van der Waals surface area contributed by atoms with E-state index in [4.69, 9.17) is 14.0 Å². The number of nitrogens with one attached hydrogen (secondary N) is 2. The number of piperidine rings is 1. The number of Topliss-reactive ketones (excluding diaryl/α,β-unsaturated/α-hetero) is 2. The monoisotopic (exact) mass is 538 g/mol. The Labute approximate surface area is 235 Å². The Morgan fingerprint density at radius 1 is 1.11 bits per heavy atom. The van der Waals surface area contributed by atoms with Crippen LogP contribution in [0.3, 0.4) is 0 Å². The van der Waals surface area contributed by atoms with Crippen LogP contribution < -0.4 is 16.4 Å². The molecule has 214 valence electrons. The summed E-state index contributed by atoms with van der Waals surface area (Å²) in [4.78, 5) is 67.3. The summed E-state index contributed by atoms with van der Waals surface area (Å²) in [5.41, 5.74) is 1.50. The average molecular weight is 539 g/mol. The van der Waals surface area contributed by atoms with Crippen molar-refractivity contribution in [1.82, 2.24) is 15.5 Å². The predicted octanol–water partition coefficient (Wildman–Crippen LogP) is 3.05. The highest BCUT2D eigenvalue weighted by molar-refractivity contribution is 6.36. The molecule has 0 spiro atoms. The second kappa shape index (κ2) is 10.3. The standard InChI is InChI=1S/C29H48N4O5/c1-15-10-16(11-15)12-17(22(35)24(30)36)13-19(34)21-20-18(29(20,8)9)14-33(21)25(37)23(27(2,3)4)31-26(38)32-28(5,6)7/h15-18,20-21,23H,10-14H2,1-9H3,(H2,30,36)(H2,31,32,38)/t15?,16?,17?,18-,20-,21+,23+/m0/s1/i2D3,5D3. The van der Waals surface area contributed by atoms with Crippen LogP contribution in [0.5, 0.6) is 0 Å². The highest BCUT2D eigenvalue weighted by atomic mass is 16.2. The van der Waals surface area contributed by atoms with Gasteiger partial charge in [-0.05, 0) is 74.5 Å². The lowest BCUT2D eigenvalue weighted by atomic mass is 9.70. The Kier molecular flexibility index (Phi) is 6.04. The van der Waals surface area contributed by atoms with Crippen molar-refractivity contribution in [1.29, 1.82) is 0 Å². The van der Waals surface area contributed by atoms with E-state index >= 15 is 0 Å². The van der Waals surface area contributed by atoms with Gasteiger partial charge in [0.2, 0.25) is 11.7 Å². The number of hydrogen-bond acceptors (Lipinski definition) is 5. The summed E-state index contributed by atoms with van der Waals surface area (Å²) in [6.45, 7) is 6.00. The molecule has 0 bridgehead atoms. The Morgan fingerprint density at radius 3 is 2.26 bits per heavy atom. The topological polar surface area (TPSA) is 139 Å². The lowest BCUT2D eigenvalue weighted by Crippen LogP contribution is -2.60. The number of ketones is 2. The largest absolute Gasteiger partial charge is 0.363 e. The number of hydrogen-bond donors (Lipinski definition) is 3. The first-order chi connectivity index (χ1) is 19.7. The van der Waals surface area contributed by atoms with Crippen LogP contribution in [0.1, 0.15) is 96.1 Å². The summed E-state index contributed by atoms with van der Waals surface area (Å²) in [7, 11) is 0. The summed E-state index contributed by atoms with van der Waals surface area (Å²) in [5, 5.41) is 4.75. The highest BCUT2D eigenvalue weighted by Crippen LogP contribution is 2.65. The van der Waals surface area contributed by atoms with Gasteiger partial charge in [-0.1, -0.05) is 41.5 Å². The van der Waals surface area contributed by atoms with Gasteiger partial charge in [-0.2, -0.15) is 0 Å². The zero-order valence-corrected chi connectivity index (χ0v) is 23.6. The van der Waals surface area contributed by atoms with E-state index in [1.54, 1.807) is 0 Å². The van der Waals surface area contributed by atoms with Gasteiger partial charge in [0.25, 0.3) is 5.91 Å². The van der Waals surface area contributed by atoms with Crippen molar-refractivity contribution in [3.05, 3.63) is 0 Å². The second-order valence-corrected chi connectivity index (χ2v) is 13.5. The minimum Gasteiger partial charge on any atom is -0.363 e. The van der Waals surface area contributed by atoms with E-state index in [-0.39, 0.29) is 36.1 Å². The molecule has 1 heterocycles. The van der Waals surface area contributed by atoms with Crippen LogP contribution in [-0.4, -0.2) is 58.5 Å². The van der Waals surface area contributed by atoms with Crippen molar-refractivity contribution in [2.24, 2.45) is 46.2 Å². The number of carbonyl (C=O) groups excluding carboxylic acids is 5. The first-order valence-electron chi connectivity index (χ1n) is 16.5. The second-order valence-electron chi connectivity index (χ2n) is 13.5. The van der Waals surface area contributed by atoms with Crippen molar-refractivity contribution >= 4 is 29.4 Å². The van der Waals surface area contributed by atoms with Crippen molar-refractivity contribution in [3.8, 4) is 0 Å². The number of likely N-dealkylation sites (tertiary alicyclic amines) is 1. The molecular formula is C29H48N4O5. The molecular weight excluding hydrogens is 484 g/mol. The van der Waals surface area contributed by atoms with E-state index in [9.17, 15) is 24.0 Å². The van der Waals surface area contributed by atoms with Gasteiger partial charge in [0.05, 0.1) is 6.04 Å². The van der Waals surface area contributed by atoms with Gasteiger partial charge >= 0.3 is 6.03 Å². The molecule has 9 heteroatoms. The molecule has 38 heavy (non-hydrogen) atoms. The predicted molar refractivity (Wildman–Crippen MR) is 145 cm³/mol. The van der Waals surface area contributed by atoms with E-state index in [0.29, 0.717) is 12.3 Å². The summed E-state index contributed by atoms with van der Waals surface area (Å²) in [6, 6.07) is -3.70. The molecule has 5 atom stereocenters. The average Bonchev–Trinajstić information content (AvgIpc) is 3.16. The number of primary amides is 1. The molecule has 0 radical (unpaired) electrons. The van der Waals surface area contributed by atoms with Crippen molar-refractivity contribution in [2.45, 2.75) is 105 Å². The van der Waals surface area contributed by atoms with Gasteiger partial charge < -0.3 is 21.3 Å². The Hall–Kier alpha value is -2.45. The van der Waals surface area contributed by atoms with E-state index in [2.05, 4.69) is 17.6 Å². The van der Waals surface area contributed by atoms with Gasteiger partial charge in [-0.3, -0.25) is 19.2 Å². The SMILES string of the molecule is [2H]C([2H])([2H])C(C)(C)NC(=O)N[C@H](C(=O)N1C[C@H]2[C@@H]([C@H]1C(=O)CC(CC1CC(C)C1)C(=O)C(N)=O)C2(C)C)C(C)(C)C([2H])([2H])[2H]. The summed E-state index contributed by atoms with van der Waals surface area (Å²) in [5.74, 6) is -3.72. The molecule has 4 amide bonds. The van der Waals surface area contributed by atoms with Crippen molar-refractivity contribution in [3.63, 3.8) is 0 Å². The van der Waals surface area contributed by atoms with Crippen LogP contribution in [0.15, 0.2) is 0 Å². The van der Waals surface area contributed by atoms with Gasteiger partial charge in [0.1, 0.15) is 6.04 Å². The molecule has 3 fully saturated rings. The third-order valence-electron chi connectivity index (χ3n) is 8.64. The molecule has 0 aromatic carbocycles. The normalized spacial score (nSPS) is 32.4. The lowest BCUT2D eigenvalue weighted by Gasteiger charge is -2.38. The summed E-state index contributed by atoms with van der Waals surface area (Å²) >= 11 is 0. The van der Waals surface area contributed by atoms with E-state index in [1.165, 1.54) is 32.6 Å². The minimum absolute atomic E-state index is 0.0713. The number of amides is 4. The van der Waals surface area contributed by atoms with Crippen LogP contribution in [0, 0.1) is 40.4 Å². The lowest BCUT2D eigenvalue weighted by molar-refractivity contribution is -0.144. The van der Waals surface area contributed by atoms with Crippen molar-refractivity contribution < 1.29 is 32.2 Å². The van der Waals surface area contributed by atoms with Gasteiger partial charge in [-0.15, -0.1) is 0 Å². The number of nitrogens with zero attached hydrogens (tertiary/aromatic N) is 1. The molecule has 3 aliphatic rings. The van der Waals surface area contributed by atoms with Gasteiger partial charge in [0.15, 0.2) is 5.78 Å². The number of fused-ring (bicyclic) bond motifs is 1. The zero-order valence-electron chi connectivity index (χ0n) is 29.6. The molecule has 1 aliphatic heterocycles. The first-order valence-corrected chi connectivity index (χ1v) is 13.5. The fraction of sp³-hybridized carbons (Fsp3) is 0.828. The van der Waals surface area contributed by atoms with Crippen LogP contribution in [-0.2, 0) is 19.2 Å². The maximum atomic E-state index is 14.3. The van der Waals surface area contributed by atoms with Crippen LogP contribution in [0.2, 0.25) is 0 Å². The number of urea groups is 1. The maximum Gasteiger partial charge on any atom is 0.315 e. The third-order valence-corrected chi connectivity index (χ3v) is 8.64. The highest BCUT2D eigenvalue weighted by Gasteiger charge is 2.69. The Balaban J connectivity index is 1.93. The number of carbonyl (C=O) groups is 5. The molecule has 4 N–H and O–H groups in total. The quantitative estimate of drug-likeness (QED) is 0.387. The zero-order chi connectivity index (χ0) is 34.0. The smallest absolute Gasteiger partial charge is 0.315 e. The third kappa shape index (κ3) is 6.40. The Bertz CT molecular complexity index is 1190. The number of rotatable bonds is 9. The van der Waals surface area contributed by atoms with Gasteiger partial charge in [0, 0.05) is 32.6 Å². The van der Waals surface area contributed by atoms with E-state index in [1.807, 2.05) is 13.8 Å². The molecule has 2 saturated carbocycles. The van der Waals surface area contributed by atoms with Gasteiger partial charge in [-0.25, -0.2) is 4.79 Å². The first kappa shape index (κ1) is 22.4. The summed E-state index contributed by atoms with van der Waals surface area (Å²) in [6.07, 6.45) is 1.81. The van der Waals surface area contributed by atoms with E-state index < -0.39 is 72.1 Å². The molecule has 1 unspecified atom stereocenters. The molecule has 2 aliphatic carbocycles. The molecule has 0 aromatic rings. The van der Waals surface area contributed by atoms with Crippen LogP contribution >= 0.6 is 0 Å².